The molecule has 0 spiro atoms. The Hall–Kier alpha value is -2.41. The van der Waals surface area contributed by atoms with Crippen molar-refractivity contribution in [1.29, 1.82) is 0 Å². The fraction of sp³-hybridized carbons (Fsp3) is 0.333. The molecule has 1 saturated heterocycles. The molecular formula is C18H20N2O4S. The number of amides is 2. The molecule has 1 heterocycles. The van der Waals surface area contributed by atoms with E-state index < -0.39 is 9.84 Å². The van der Waals surface area contributed by atoms with E-state index >= 15 is 0 Å². The van der Waals surface area contributed by atoms with Crippen LogP contribution in [0.5, 0.6) is 0 Å². The summed E-state index contributed by atoms with van der Waals surface area (Å²) in [5, 5.41) is 2.06. The molecule has 2 aromatic rings. The number of nitrogens with one attached hydrogen (secondary N) is 2. The zero-order valence-electron chi connectivity index (χ0n) is 13.7. The van der Waals surface area contributed by atoms with E-state index in [1.165, 1.54) is 0 Å². The molecular weight excluding hydrogens is 340 g/mol. The van der Waals surface area contributed by atoms with Crippen LogP contribution in [0.3, 0.4) is 0 Å². The molecule has 2 amide bonds. The summed E-state index contributed by atoms with van der Waals surface area (Å²) in [6.07, 6.45) is 0.757. The lowest BCUT2D eigenvalue weighted by molar-refractivity contribution is -0.129. The highest BCUT2D eigenvalue weighted by atomic mass is 32.2. The van der Waals surface area contributed by atoms with Gasteiger partial charge in [-0.3, -0.25) is 20.4 Å². The fourth-order valence-electron chi connectivity index (χ4n) is 3.15. The number of fused-ring (bicyclic) bond motifs is 1. The Morgan fingerprint density at radius 1 is 1.00 bits per heavy atom. The molecule has 1 aliphatic rings. The Morgan fingerprint density at radius 2 is 1.72 bits per heavy atom. The smallest absolute Gasteiger partial charge is 0.242 e. The minimum absolute atomic E-state index is 0.0460. The van der Waals surface area contributed by atoms with E-state index in [1.807, 2.05) is 42.5 Å². The van der Waals surface area contributed by atoms with E-state index in [1.54, 1.807) is 0 Å². The van der Waals surface area contributed by atoms with Crippen LogP contribution in [-0.4, -0.2) is 31.7 Å². The average Bonchev–Trinajstić information content (AvgIpc) is 2.92. The SMILES string of the molecule is O=C(Cc1cccc2ccccc12)NNC(=O)C[C@H]1CCS(=O)(=O)C1. The number of carbonyl (C=O) groups is 2. The first-order chi connectivity index (χ1) is 11.9. The van der Waals surface area contributed by atoms with Crippen molar-refractivity contribution in [3.05, 3.63) is 48.0 Å². The van der Waals surface area contributed by atoms with Gasteiger partial charge in [0, 0.05) is 6.42 Å². The van der Waals surface area contributed by atoms with Crippen molar-refractivity contribution in [1.82, 2.24) is 10.9 Å². The van der Waals surface area contributed by atoms with Gasteiger partial charge in [0.2, 0.25) is 11.8 Å². The normalized spacial score (nSPS) is 18.8. The van der Waals surface area contributed by atoms with E-state index in [0.29, 0.717) is 6.42 Å². The van der Waals surface area contributed by atoms with E-state index in [9.17, 15) is 18.0 Å². The second kappa shape index (κ2) is 7.23. The van der Waals surface area contributed by atoms with Crippen molar-refractivity contribution >= 4 is 32.4 Å². The van der Waals surface area contributed by atoms with Gasteiger partial charge in [-0.25, -0.2) is 8.42 Å². The van der Waals surface area contributed by atoms with Crippen molar-refractivity contribution in [2.75, 3.05) is 11.5 Å². The molecule has 132 valence electrons. The summed E-state index contributed by atoms with van der Waals surface area (Å²) < 4.78 is 22.8. The number of hydrazine groups is 1. The van der Waals surface area contributed by atoms with Crippen LogP contribution in [0.2, 0.25) is 0 Å². The quantitative estimate of drug-likeness (QED) is 0.805. The summed E-state index contributed by atoms with van der Waals surface area (Å²) in [7, 11) is -3.00. The molecule has 2 aromatic carbocycles. The standard InChI is InChI=1S/C18H20N2O4S/c21-17(10-13-8-9-25(23,24)12-13)19-20-18(22)11-15-6-3-5-14-4-1-2-7-16(14)15/h1-7,13H,8-12H2,(H,19,21)(H,20,22)/t13-/m1/s1. The average molecular weight is 360 g/mol. The first-order valence-electron chi connectivity index (χ1n) is 8.18. The summed E-state index contributed by atoms with van der Waals surface area (Å²) >= 11 is 0. The van der Waals surface area contributed by atoms with Gasteiger partial charge in [0.05, 0.1) is 17.9 Å². The summed E-state index contributed by atoms with van der Waals surface area (Å²) in [6, 6.07) is 13.5. The van der Waals surface area contributed by atoms with Crippen molar-refractivity contribution in [3.63, 3.8) is 0 Å². The largest absolute Gasteiger partial charge is 0.273 e. The zero-order valence-corrected chi connectivity index (χ0v) is 14.5. The van der Waals surface area contributed by atoms with Gasteiger partial charge in [0.25, 0.3) is 0 Å². The molecule has 0 unspecified atom stereocenters. The van der Waals surface area contributed by atoms with Crippen molar-refractivity contribution < 1.29 is 18.0 Å². The van der Waals surface area contributed by atoms with Crippen LogP contribution in [0.25, 0.3) is 10.8 Å². The molecule has 0 aliphatic carbocycles. The van der Waals surface area contributed by atoms with Gasteiger partial charge in [0.15, 0.2) is 9.84 Å². The molecule has 1 fully saturated rings. The number of hydrogen-bond acceptors (Lipinski definition) is 4. The van der Waals surface area contributed by atoms with Gasteiger partial charge in [-0.05, 0) is 28.7 Å². The molecule has 25 heavy (non-hydrogen) atoms. The molecule has 0 saturated carbocycles. The predicted octanol–water partition coefficient (Wildman–Crippen LogP) is 1.35. The van der Waals surface area contributed by atoms with Crippen molar-refractivity contribution in [2.24, 2.45) is 5.92 Å². The summed E-state index contributed by atoms with van der Waals surface area (Å²) in [4.78, 5) is 23.9. The first kappa shape index (κ1) is 17.4. The maximum Gasteiger partial charge on any atom is 0.242 e. The highest BCUT2D eigenvalue weighted by molar-refractivity contribution is 7.91. The maximum atomic E-state index is 12.1. The summed E-state index contributed by atoms with van der Waals surface area (Å²) in [5.74, 6) is -0.667. The molecule has 1 atom stereocenters. The number of carbonyl (C=O) groups excluding carboxylic acids is 2. The maximum absolute atomic E-state index is 12.1. The molecule has 0 bridgehead atoms. The van der Waals surface area contributed by atoms with Crippen LogP contribution in [0.15, 0.2) is 42.5 Å². The molecule has 1 aliphatic heterocycles. The van der Waals surface area contributed by atoms with E-state index in [0.717, 1.165) is 16.3 Å². The minimum Gasteiger partial charge on any atom is -0.273 e. The first-order valence-corrected chi connectivity index (χ1v) is 10.00. The summed E-state index contributed by atoms with van der Waals surface area (Å²) in [6.45, 7) is 0. The number of hydrogen-bond donors (Lipinski definition) is 2. The van der Waals surface area contributed by atoms with E-state index in [4.69, 9.17) is 0 Å². The molecule has 0 aromatic heterocycles. The van der Waals surface area contributed by atoms with Crippen LogP contribution in [0, 0.1) is 5.92 Å². The Bertz CT molecular complexity index is 903. The number of benzene rings is 2. The van der Waals surface area contributed by atoms with E-state index in [-0.39, 0.29) is 42.1 Å². The zero-order chi connectivity index (χ0) is 17.9. The van der Waals surface area contributed by atoms with Crippen molar-refractivity contribution in [2.45, 2.75) is 19.3 Å². The second-order valence-electron chi connectivity index (χ2n) is 6.38. The Labute approximate surface area is 146 Å². The third kappa shape index (κ3) is 4.57. The summed E-state index contributed by atoms with van der Waals surface area (Å²) in [5.41, 5.74) is 5.66. The lowest BCUT2D eigenvalue weighted by Gasteiger charge is -2.11. The molecule has 7 heteroatoms. The van der Waals surface area contributed by atoms with Gasteiger partial charge in [0.1, 0.15) is 0 Å². The van der Waals surface area contributed by atoms with Crippen LogP contribution in [0.1, 0.15) is 18.4 Å². The van der Waals surface area contributed by atoms with Gasteiger partial charge in [-0.2, -0.15) is 0 Å². The van der Waals surface area contributed by atoms with E-state index in [2.05, 4.69) is 10.9 Å². The van der Waals surface area contributed by atoms with Gasteiger partial charge >= 0.3 is 0 Å². The Balaban J connectivity index is 1.52. The van der Waals surface area contributed by atoms with Crippen LogP contribution >= 0.6 is 0 Å². The number of sulfone groups is 1. The molecule has 2 N–H and O–H groups in total. The van der Waals surface area contributed by atoms with Crippen LogP contribution < -0.4 is 10.9 Å². The Kier molecular flexibility index (Phi) is 5.03. The second-order valence-corrected chi connectivity index (χ2v) is 8.61. The van der Waals surface area contributed by atoms with Gasteiger partial charge in [-0.15, -0.1) is 0 Å². The molecule has 3 rings (SSSR count). The van der Waals surface area contributed by atoms with Gasteiger partial charge in [-0.1, -0.05) is 42.5 Å². The minimum atomic E-state index is -3.00. The van der Waals surface area contributed by atoms with Gasteiger partial charge < -0.3 is 0 Å². The number of rotatable bonds is 4. The van der Waals surface area contributed by atoms with Crippen molar-refractivity contribution in [3.8, 4) is 0 Å². The lowest BCUT2D eigenvalue weighted by atomic mass is 10.0. The predicted molar refractivity (Wildman–Crippen MR) is 95.3 cm³/mol. The molecule has 6 nitrogen and oxygen atoms in total. The topological polar surface area (TPSA) is 92.3 Å². The lowest BCUT2D eigenvalue weighted by Crippen LogP contribution is -2.43. The fourth-order valence-corrected chi connectivity index (χ4v) is 5.01. The highest BCUT2D eigenvalue weighted by Gasteiger charge is 2.29. The third-order valence-corrected chi connectivity index (χ3v) is 6.21. The monoisotopic (exact) mass is 360 g/mol. The molecule has 0 radical (unpaired) electrons. The third-order valence-electron chi connectivity index (χ3n) is 4.37. The van der Waals surface area contributed by atoms with Crippen LogP contribution in [-0.2, 0) is 25.8 Å². The highest BCUT2D eigenvalue weighted by Crippen LogP contribution is 2.21. The Morgan fingerprint density at radius 3 is 2.48 bits per heavy atom. The van der Waals surface area contributed by atoms with Crippen LogP contribution in [0.4, 0.5) is 0 Å².